The molecule has 0 aliphatic heterocycles. The highest BCUT2D eigenvalue weighted by atomic mass is 35.5. The Hall–Kier alpha value is -3.06. The number of amides is 2. The van der Waals surface area contributed by atoms with E-state index in [1.807, 2.05) is 6.92 Å². The first-order chi connectivity index (χ1) is 12.9. The molecule has 2 aromatic carbocycles. The van der Waals surface area contributed by atoms with E-state index in [4.69, 9.17) is 16.3 Å². The number of rotatable bonds is 7. The van der Waals surface area contributed by atoms with E-state index >= 15 is 0 Å². The first-order valence-corrected chi connectivity index (χ1v) is 8.52. The smallest absolute Gasteiger partial charge is 0.240 e. The van der Waals surface area contributed by atoms with Crippen LogP contribution < -0.4 is 15.5 Å². The van der Waals surface area contributed by atoms with Gasteiger partial charge in [-0.05, 0) is 36.8 Å². The molecule has 3 N–H and O–H groups in total. The molecule has 0 aliphatic carbocycles. The molecule has 2 aromatic rings. The summed E-state index contributed by atoms with van der Waals surface area (Å²) in [6.07, 6.45) is 1.26. The van der Waals surface area contributed by atoms with Crippen LogP contribution in [-0.4, -0.2) is 30.2 Å². The molecule has 2 amide bonds. The van der Waals surface area contributed by atoms with Gasteiger partial charge in [0, 0.05) is 29.1 Å². The van der Waals surface area contributed by atoms with E-state index in [-0.39, 0.29) is 24.5 Å². The van der Waals surface area contributed by atoms with E-state index in [0.29, 0.717) is 22.0 Å². The lowest BCUT2D eigenvalue weighted by Gasteiger charge is -2.07. The van der Waals surface area contributed by atoms with Gasteiger partial charge in [0.05, 0.1) is 13.3 Å². The topological polar surface area (TPSA) is 100 Å². The van der Waals surface area contributed by atoms with Gasteiger partial charge in [-0.15, -0.1) is 0 Å². The first kappa shape index (κ1) is 20.3. The van der Waals surface area contributed by atoms with Crippen LogP contribution in [0.3, 0.4) is 0 Å². The number of nitrogens with zero attached hydrogens (tertiary/aromatic N) is 1. The number of phenolic OH excluding ortho intramolecular Hbond substituents is 1. The highest BCUT2D eigenvalue weighted by molar-refractivity contribution is 6.31. The third-order valence-corrected chi connectivity index (χ3v) is 4.08. The summed E-state index contributed by atoms with van der Waals surface area (Å²) in [5, 5.41) is 16.9. The number of hydrazone groups is 1. The first-order valence-electron chi connectivity index (χ1n) is 8.14. The van der Waals surface area contributed by atoms with Crippen molar-refractivity contribution >= 4 is 35.3 Å². The van der Waals surface area contributed by atoms with Crippen LogP contribution in [-0.2, 0) is 9.59 Å². The molecule has 0 heterocycles. The molecule has 27 heavy (non-hydrogen) atoms. The van der Waals surface area contributed by atoms with Crippen molar-refractivity contribution in [3.63, 3.8) is 0 Å². The Morgan fingerprint density at radius 2 is 1.96 bits per heavy atom. The van der Waals surface area contributed by atoms with Gasteiger partial charge in [-0.3, -0.25) is 9.59 Å². The molecule has 0 saturated heterocycles. The monoisotopic (exact) mass is 389 g/mol. The van der Waals surface area contributed by atoms with E-state index in [2.05, 4.69) is 15.8 Å². The normalized spacial score (nSPS) is 10.6. The minimum atomic E-state index is -0.425. The van der Waals surface area contributed by atoms with Gasteiger partial charge in [0.1, 0.15) is 0 Å². The molecule has 0 aromatic heterocycles. The van der Waals surface area contributed by atoms with Crippen LogP contribution in [0.1, 0.15) is 24.0 Å². The average Bonchev–Trinajstić information content (AvgIpc) is 2.64. The largest absolute Gasteiger partial charge is 0.504 e. The van der Waals surface area contributed by atoms with Crippen LogP contribution in [0.2, 0.25) is 5.02 Å². The molecule has 0 atom stereocenters. The van der Waals surface area contributed by atoms with Crippen molar-refractivity contribution in [2.45, 2.75) is 19.8 Å². The number of aromatic hydroxyl groups is 1. The highest BCUT2D eigenvalue weighted by Crippen LogP contribution is 2.27. The minimum Gasteiger partial charge on any atom is -0.504 e. The quantitative estimate of drug-likeness (QED) is 0.500. The van der Waals surface area contributed by atoms with Crippen LogP contribution in [0.5, 0.6) is 11.5 Å². The average molecular weight is 390 g/mol. The number of methoxy groups -OCH3 is 1. The number of anilines is 1. The van der Waals surface area contributed by atoms with Crippen LogP contribution >= 0.6 is 11.6 Å². The molecule has 0 spiro atoms. The van der Waals surface area contributed by atoms with E-state index in [1.165, 1.54) is 13.3 Å². The van der Waals surface area contributed by atoms with E-state index in [1.54, 1.807) is 36.4 Å². The number of nitrogens with one attached hydrogen (secondary N) is 2. The molecule has 142 valence electrons. The Morgan fingerprint density at radius 3 is 2.67 bits per heavy atom. The number of halogens is 1. The van der Waals surface area contributed by atoms with Crippen molar-refractivity contribution in [3.8, 4) is 11.5 Å². The zero-order valence-electron chi connectivity index (χ0n) is 15.0. The number of hydrogen-bond acceptors (Lipinski definition) is 5. The predicted octanol–water partition coefficient (Wildman–Crippen LogP) is 3.23. The molecule has 2 rings (SSSR count). The molecule has 8 heteroatoms. The minimum absolute atomic E-state index is 0.00272. The number of ether oxygens (including phenoxy) is 1. The fourth-order valence-corrected chi connectivity index (χ4v) is 2.34. The maximum atomic E-state index is 11.9. The summed E-state index contributed by atoms with van der Waals surface area (Å²) in [7, 11) is 1.44. The SMILES string of the molecule is COc1cccc(C=NNC(=O)CCC(=O)Nc2ccc(C)c(Cl)c2)c1O. The second kappa shape index (κ2) is 9.59. The van der Waals surface area contributed by atoms with E-state index in [0.717, 1.165) is 5.56 Å². The number of hydrogen-bond donors (Lipinski definition) is 3. The van der Waals surface area contributed by atoms with Crippen molar-refractivity contribution in [1.82, 2.24) is 5.43 Å². The molecule has 7 nitrogen and oxygen atoms in total. The fraction of sp³-hybridized carbons (Fsp3) is 0.211. The third-order valence-electron chi connectivity index (χ3n) is 3.68. The molecule has 0 unspecified atom stereocenters. The molecule has 0 saturated carbocycles. The van der Waals surface area contributed by atoms with Gasteiger partial charge in [-0.2, -0.15) is 5.10 Å². The van der Waals surface area contributed by atoms with E-state index in [9.17, 15) is 14.7 Å². The summed E-state index contributed by atoms with van der Waals surface area (Å²) in [4.78, 5) is 23.7. The predicted molar refractivity (Wildman–Crippen MR) is 104 cm³/mol. The molecule has 0 fully saturated rings. The van der Waals surface area contributed by atoms with Gasteiger partial charge in [0.25, 0.3) is 0 Å². The summed E-state index contributed by atoms with van der Waals surface area (Å²) >= 11 is 6.01. The Bertz CT molecular complexity index is 868. The van der Waals surface area contributed by atoms with Crippen molar-refractivity contribution in [3.05, 3.63) is 52.5 Å². The summed E-state index contributed by atoms with van der Waals surface area (Å²) in [6.45, 7) is 1.87. The molecule has 0 aliphatic rings. The Kier molecular flexibility index (Phi) is 7.19. The van der Waals surface area contributed by atoms with Crippen molar-refractivity contribution in [2.24, 2.45) is 5.10 Å². The number of phenols is 1. The van der Waals surface area contributed by atoms with Gasteiger partial charge < -0.3 is 15.2 Å². The van der Waals surface area contributed by atoms with Gasteiger partial charge in [0.2, 0.25) is 11.8 Å². The molecule has 0 radical (unpaired) electrons. The maximum Gasteiger partial charge on any atom is 0.240 e. The van der Waals surface area contributed by atoms with E-state index < -0.39 is 5.91 Å². The van der Waals surface area contributed by atoms with Crippen LogP contribution in [0.15, 0.2) is 41.5 Å². The molecular weight excluding hydrogens is 370 g/mol. The summed E-state index contributed by atoms with van der Waals surface area (Å²) in [5.41, 5.74) is 4.18. The number of carbonyl (C=O) groups excluding carboxylic acids is 2. The lowest BCUT2D eigenvalue weighted by molar-refractivity contribution is -0.124. The van der Waals surface area contributed by atoms with Gasteiger partial charge in [-0.25, -0.2) is 5.43 Å². The second-order valence-corrected chi connectivity index (χ2v) is 6.11. The summed E-state index contributed by atoms with van der Waals surface area (Å²) in [5.74, 6) is -0.502. The van der Waals surface area contributed by atoms with Crippen molar-refractivity contribution in [2.75, 3.05) is 12.4 Å². The van der Waals surface area contributed by atoms with Gasteiger partial charge >= 0.3 is 0 Å². The Labute approximate surface area is 162 Å². The number of aryl methyl sites for hydroxylation is 1. The third kappa shape index (κ3) is 6.00. The highest BCUT2D eigenvalue weighted by Gasteiger charge is 2.08. The van der Waals surface area contributed by atoms with Gasteiger partial charge in [0.15, 0.2) is 11.5 Å². The van der Waals surface area contributed by atoms with Gasteiger partial charge in [-0.1, -0.05) is 23.7 Å². The standard InChI is InChI=1S/C19H20ClN3O4/c1-12-6-7-14(10-15(12)20)22-17(24)8-9-18(25)23-21-11-13-4-3-5-16(27-2)19(13)26/h3-7,10-11,26H,8-9H2,1-2H3,(H,22,24)(H,23,25). The molecule has 0 bridgehead atoms. The fourth-order valence-electron chi connectivity index (χ4n) is 2.16. The van der Waals surface area contributed by atoms with Crippen molar-refractivity contribution in [1.29, 1.82) is 0 Å². The maximum absolute atomic E-state index is 11.9. The van der Waals surface area contributed by atoms with Crippen LogP contribution in [0, 0.1) is 6.92 Å². The summed E-state index contributed by atoms with van der Waals surface area (Å²) < 4.78 is 4.99. The number of benzene rings is 2. The zero-order valence-corrected chi connectivity index (χ0v) is 15.7. The second-order valence-electron chi connectivity index (χ2n) is 5.70. The van der Waals surface area contributed by atoms with Crippen LogP contribution in [0.25, 0.3) is 0 Å². The Balaban J connectivity index is 1.80. The molecular formula is C19H20ClN3O4. The number of para-hydroxylation sites is 1. The lowest BCUT2D eigenvalue weighted by Crippen LogP contribution is -2.20. The zero-order chi connectivity index (χ0) is 19.8. The summed E-state index contributed by atoms with van der Waals surface area (Å²) in [6, 6.07) is 10.1. The lowest BCUT2D eigenvalue weighted by atomic mass is 10.2. The Morgan fingerprint density at radius 1 is 1.22 bits per heavy atom. The van der Waals surface area contributed by atoms with Crippen LogP contribution in [0.4, 0.5) is 5.69 Å². The van der Waals surface area contributed by atoms with Crippen molar-refractivity contribution < 1.29 is 19.4 Å². The number of carbonyl (C=O) groups is 2.